The molecule has 0 spiro atoms. The number of nitrogens with zero attached hydrogens (tertiary/aromatic N) is 1. The molecule has 1 saturated heterocycles. The normalized spacial score (nSPS) is 19.4. The van der Waals surface area contributed by atoms with Gasteiger partial charge in [0, 0.05) is 12.2 Å². The lowest BCUT2D eigenvalue weighted by molar-refractivity contribution is 0.145. The Morgan fingerprint density at radius 2 is 2.41 bits per heavy atom. The number of methoxy groups -OCH3 is 1. The summed E-state index contributed by atoms with van der Waals surface area (Å²) in [5.41, 5.74) is 6.14. The van der Waals surface area contributed by atoms with Gasteiger partial charge in [-0.25, -0.2) is 4.79 Å². The average Bonchev–Trinajstić information content (AvgIpc) is 2.70. The molecule has 1 fully saturated rings. The number of carbonyl (C=O) groups is 1. The molecule has 17 heavy (non-hydrogen) atoms. The molecule has 2 rings (SSSR count). The van der Waals surface area contributed by atoms with E-state index in [9.17, 15) is 4.79 Å². The van der Waals surface area contributed by atoms with Gasteiger partial charge in [-0.05, 0) is 18.2 Å². The van der Waals surface area contributed by atoms with Gasteiger partial charge in [0.15, 0.2) is 0 Å². The van der Waals surface area contributed by atoms with Crippen LogP contribution in [0.4, 0.5) is 10.5 Å². The third kappa shape index (κ3) is 2.30. The fourth-order valence-electron chi connectivity index (χ4n) is 1.68. The van der Waals surface area contributed by atoms with E-state index < -0.39 is 6.09 Å². The molecule has 1 atom stereocenters. The van der Waals surface area contributed by atoms with Crippen LogP contribution in [0.25, 0.3) is 0 Å². The van der Waals surface area contributed by atoms with Crippen molar-refractivity contribution in [3.8, 4) is 5.75 Å². The van der Waals surface area contributed by atoms with Crippen LogP contribution in [0.1, 0.15) is 0 Å². The van der Waals surface area contributed by atoms with Crippen LogP contribution >= 0.6 is 11.6 Å². The first kappa shape index (κ1) is 12.0. The van der Waals surface area contributed by atoms with Crippen LogP contribution in [0.15, 0.2) is 18.2 Å². The number of amides is 1. The molecule has 1 amide bonds. The minimum absolute atomic E-state index is 0.261. The molecule has 0 unspecified atom stereocenters. The fraction of sp³-hybridized carbons (Fsp3) is 0.364. The van der Waals surface area contributed by atoms with Gasteiger partial charge in [0.25, 0.3) is 0 Å². The van der Waals surface area contributed by atoms with Crippen molar-refractivity contribution in [2.45, 2.75) is 6.10 Å². The van der Waals surface area contributed by atoms with Crippen LogP contribution in [0.2, 0.25) is 5.02 Å². The lowest BCUT2D eigenvalue weighted by atomic mass is 10.2. The molecule has 0 aliphatic carbocycles. The highest BCUT2D eigenvalue weighted by molar-refractivity contribution is 6.32. The maximum absolute atomic E-state index is 11.6. The molecule has 6 heteroatoms. The first-order chi connectivity index (χ1) is 8.15. The van der Waals surface area contributed by atoms with Gasteiger partial charge in [0.1, 0.15) is 11.9 Å². The molecule has 0 bridgehead atoms. The van der Waals surface area contributed by atoms with E-state index in [-0.39, 0.29) is 6.10 Å². The van der Waals surface area contributed by atoms with Crippen molar-refractivity contribution in [3.05, 3.63) is 23.2 Å². The minimum Gasteiger partial charge on any atom is -0.495 e. The van der Waals surface area contributed by atoms with Crippen molar-refractivity contribution < 1.29 is 14.3 Å². The summed E-state index contributed by atoms with van der Waals surface area (Å²) in [7, 11) is 1.54. The Labute approximate surface area is 104 Å². The molecule has 0 saturated carbocycles. The first-order valence-corrected chi connectivity index (χ1v) is 5.55. The summed E-state index contributed by atoms with van der Waals surface area (Å²) in [6.07, 6.45) is -0.662. The second kappa shape index (κ2) is 4.81. The first-order valence-electron chi connectivity index (χ1n) is 5.17. The maximum Gasteiger partial charge on any atom is 0.414 e. The van der Waals surface area contributed by atoms with Crippen molar-refractivity contribution in [1.82, 2.24) is 0 Å². The molecular weight excluding hydrogens is 244 g/mol. The van der Waals surface area contributed by atoms with Crippen molar-refractivity contribution in [2.75, 3.05) is 25.1 Å². The molecule has 1 aromatic carbocycles. The molecule has 0 aromatic heterocycles. The van der Waals surface area contributed by atoms with E-state index in [0.717, 1.165) is 0 Å². The fourth-order valence-corrected chi connectivity index (χ4v) is 1.93. The lowest BCUT2D eigenvalue weighted by Gasteiger charge is -2.14. The quantitative estimate of drug-likeness (QED) is 0.893. The Morgan fingerprint density at radius 1 is 1.65 bits per heavy atom. The number of hydrogen-bond donors (Lipinski definition) is 1. The summed E-state index contributed by atoms with van der Waals surface area (Å²) in [5, 5.41) is 0.453. The number of cyclic esters (lactones) is 1. The summed E-state index contributed by atoms with van der Waals surface area (Å²) in [6.45, 7) is 0.754. The molecule has 5 nitrogen and oxygen atoms in total. The van der Waals surface area contributed by atoms with E-state index in [0.29, 0.717) is 29.5 Å². The largest absolute Gasteiger partial charge is 0.495 e. The summed E-state index contributed by atoms with van der Waals surface area (Å²) in [5.74, 6) is 0.568. The predicted octanol–water partition coefficient (Wildman–Crippen LogP) is 1.63. The molecule has 1 aliphatic heterocycles. The van der Waals surface area contributed by atoms with Crippen LogP contribution in [0, 0.1) is 0 Å². The zero-order valence-electron chi connectivity index (χ0n) is 9.35. The van der Waals surface area contributed by atoms with Crippen LogP contribution in [0.3, 0.4) is 0 Å². The van der Waals surface area contributed by atoms with Gasteiger partial charge in [0.05, 0.1) is 18.7 Å². The number of ether oxygens (including phenoxy) is 2. The van der Waals surface area contributed by atoms with E-state index in [1.165, 1.54) is 12.0 Å². The average molecular weight is 257 g/mol. The maximum atomic E-state index is 11.6. The van der Waals surface area contributed by atoms with Crippen molar-refractivity contribution in [2.24, 2.45) is 5.73 Å². The molecule has 92 valence electrons. The molecule has 1 aliphatic rings. The Kier molecular flexibility index (Phi) is 3.40. The number of hydrogen-bond acceptors (Lipinski definition) is 4. The van der Waals surface area contributed by atoms with E-state index in [1.807, 2.05) is 0 Å². The summed E-state index contributed by atoms with van der Waals surface area (Å²) >= 11 is 6.00. The summed E-state index contributed by atoms with van der Waals surface area (Å²) in [4.78, 5) is 13.1. The topological polar surface area (TPSA) is 64.8 Å². The number of rotatable bonds is 3. The van der Waals surface area contributed by atoms with Gasteiger partial charge < -0.3 is 15.2 Å². The SMILES string of the molecule is COc1ccc(N2C[C@@H](CN)OC2=O)cc1Cl. The zero-order valence-corrected chi connectivity index (χ0v) is 10.1. The number of carbonyl (C=O) groups excluding carboxylic acids is 1. The van der Waals surface area contributed by atoms with Gasteiger partial charge in [-0.15, -0.1) is 0 Å². The Hall–Kier alpha value is -1.46. The highest BCUT2D eigenvalue weighted by Crippen LogP contribution is 2.30. The summed E-state index contributed by atoms with van der Waals surface area (Å²) < 4.78 is 10.1. The molecule has 1 aromatic rings. The third-order valence-electron chi connectivity index (χ3n) is 2.58. The molecular formula is C11H13ClN2O3. The van der Waals surface area contributed by atoms with Gasteiger partial charge in [-0.2, -0.15) is 0 Å². The third-order valence-corrected chi connectivity index (χ3v) is 2.88. The highest BCUT2D eigenvalue weighted by Gasteiger charge is 2.31. The summed E-state index contributed by atoms with van der Waals surface area (Å²) in [6, 6.07) is 5.13. The Bertz CT molecular complexity index is 439. The van der Waals surface area contributed by atoms with Gasteiger partial charge in [-0.3, -0.25) is 4.90 Å². The van der Waals surface area contributed by atoms with Gasteiger partial charge >= 0.3 is 6.09 Å². The predicted molar refractivity (Wildman–Crippen MR) is 64.7 cm³/mol. The Morgan fingerprint density at radius 3 is 2.94 bits per heavy atom. The standard InChI is InChI=1S/C11H13ClN2O3/c1-16-10-3-2-7(4-9(10)12)14-6-8(5-13)17-11(14)15/h2-4,8H,5-6,13H2,1H3/t8-/m1/s1. The van der Waals surface area contributed by atoms with Crippen molar-refractivity contribution >= 4 is 23.4 Å². The number of halogens is 1. The molecule has 0 radical (unpaired) electrons. The van der Waals surface area contributed by atoms with Gasteiger partial charge in [-0.1, -0.05) is 11.6 Å². The number of nitrogens with two attached hydrogens (primary N) is 1. The van der Waals surface area contributed by atoms with E-state index in [2.05, 4.69) is 0 Å². The highest BCUT2D eigenvalue weighted by atomic mass is 35.5. The van der Waals surface area contributed by atoms with Crippen LogP contribution in [0.5, 0.6) is 5.75 Å². The smallest absolute Gasteiger partial charge is 0.414 e. The van der Waals surface area contributed by atoms with Crippen molar-refractivity contribution in [3.63, 3.8) is 0 Å². The van der Waals surface area contributed by atoms with Crippen LogP contribution in [-0.4, -0.2) is 32.4 Å². The second-order valence-electron chi connectivity index (χ2n) is 3.67. The van der Waals surface area contributed by atoms with Gasteiger partial charge in [0.2, 0.25) is 0 Å². The van der Waals surface area contributed by atoms with E-state index in [4.69, 9.17) is 26.8 Å². The molecule has 2 N–H and O–H groups in total. The van der Waals surface area contributed by atoms with Crippen LogP contribution in [-0.2, 0) is 4.74 Å². The van der Waals surface area contributed by atoms with Crippen LogP contribution < -0.4 is 15.4 Å². The number of anilines is 1. The van der Waals surface area contributed by atoms with E-state index in [1.54, 1.807) is 18.2 Å². The zero-order chi connectivity index (χ0) is 12.4. The second-order valence-corrected chi connectivity index (χ2v) is 4.08. The van der Waals surface area contributed by atoms with E-state index >= 15 is 0 Å². The lowest BCUT2D eigenvalue weighted by Crippen LogP contribution is -2.27. The number of benzene rings is 1. The monoisotopic (exact) mass is 256 g/mol. The minimum atomic E-state index is -0.401. The Balaban J connectivity index is 2.23. The van der Waals surface area contributed by atoms with Crippen molar-refractivity contribution in [1.29, 1.82) is 0 Å². The molecule has 1 heterocycles.